The normalized spacial score (nSPS) is 18.6. The minimum atomic E-state index is 0.0175. The number of rotatable bonds is 7. The van der Waals surface area contributed by atoms with E-state index in [0.29, 0.717) is 13.2 Å². The van der Waals surface area contributed by atoms with Gasteiger partial charge in [0.15, 0.2) is 0 Å². The molecule has 2 aromatic rings. The van der Waals surface area contributed by atoms with Crippen LogP contribution in [0.3, 0.4) is 0 Å². The molecule has 3 heteroatoms. The lowest BCUT2D eigenvalue weighted by Crippen LogP contribution is -2.20. The molecule has 3 nitrogen and oxygen atoms in total. The van der Waals surface area contributed by atoms with Gasteiger partial charge in [-0.25, -0.2) is 0 Å². The van der Waals surface area contributed by atoms with Gasteiger partial charge in [-0.05, 0) is 53.8 Å². The zero-order valence-corrected chi connectivity index (χ0v) is 16.1. The first kappa shape index (κ1) is 18.5. The number of hydrogen-bond acceptors (Lipinski definition) is 3. The molecule has 0 radical (unpaired) electrons. The fraction of sp³-hybridized carbons (Fsp3) is 0.240. The Morgan fingerprint density at radius 1 is 1.04 bits per heavy atom. The molecule has 0 fully saturated rings. The molecule has 0 spiro atoms. The van der Waals surface area contributed by atoms with Gasteiger partial charge in [-0.2, -0.15) is 0 Å². The van der Waals surface area contributed by atoms with E-state index in [-0.39, 0.29) is 12.0 Å². The van der Waals surface area contributed by atoms with Crippen molar-refractivity contribution in [2.24, 2.45) is 10.4 Å². The van der Waals surface area contributed by atoms with Gasteiger partial charge in [-0.15, -0.1) is 0 Å². The van der Waals surface area contributed by atoms with E-state index in [1.165, 1.54) is 16.7 Å². The predicted molar refractivity (Wildman–Crippen MR) is 114 cm³/mol. The summed E-state index contributed by atoms with van der Waals surface area (Å²) in [6.07, 6.45) is 9.65. The molecule has 4 rings (SSSR count). The molecule has 1 aliphatic heterocycles. The second-order valence-corrected chi connectivity index (χ2v) is 7.50. The topological polar surface area (TPSA) is 41.8 Å². The van der Waals surface area contributed by atoms with Gasteiger partial charge in [0.2, 0.25) is 0 Å². The van der Waals surface area contributed by atoms with Gasteiger partial charge in [0, 0.05) is 11.1 Å². The highest BCUT2D eigenvalue weighted by Crippen LogP contribution is 2.38. The zero-order chi connectivity index (χ0) is 19.4. The quantitative estimate of drug-likeness (QED) is 0.718. The Labute approximate surface area is 166 Å². The Bertz CT molecular complexity index is 944. The second-order valence-electron chi connectivity index (χ2n) is 7.50. The van der Waals surface area contributed by atoms with Crippen LogP contribution >= 0.6 is 0 Å². The van der Waals surface area contributed by atoms with Crippen LogP contribution in [0.5, 0.6) is 5.75 Å². The first-order chi connectivity index (χ1) is 13.7. The van der Waals surface area contributed by atoms with Gasteiger partial charge in [-0.3, -0.25) is 4.99 Å². The number of aliphatic imine (C=N–C) groups is 1. The minimum absolute atomic E-state index is 0.0175. The van der Waals surface area contributed by atoms with Crippen LogP contribution in [0.1, 0.15) is 18.1 Å². The largest absolute Gasteiger partial charge is 0.489 e. The summed E-state index contributed by atoms with van der Waals surface area (Å²) in [4.78, 5) is 4.81. The molecular weight excluding hydrogens is 346 g/mol. The van der Waals surface area contributed by atoms with Crippen LogP contribution in [0, 0.1) is 5.41 Å². The standard InChI is InChI=1S/C25H25NO2/c1-25(13-14-25)24-15-22(18-28-23-5-3-2-4-6-23)21(16-26-24)12-11-19-7-9-20(17-27)10-8-19/h2-10,12-15,27H,11,16-18H2,1H3/b21-12-. The number of para-hydroxylation sites is 1. The molecule has 0 amide bonds. The first-order valence-corrected chi connectivity index (χ1v) is 9.68. The molecule has 2 aromatic carbocycles. The highest BCUT2D eigenvalue weighted by Gasteiger charge is 2.34. The van der Waals surface area contributed by atoms with Gasteiger partial charge in [-0.1, -0.05) is 60.7 Å². The van der Waals surface area contributed by atoms with Crippen LogP contribution in [0.4, 0.5) is 0 Å². The average molecular weight is 371 g/mol. The smallest absolute Gasteiger partial charge is 0.119 e. The Morgan fingerprint density at radius 2 is 1.75 bits per heavy atom. The molecule has 2 aliphatic rings. The van der Waals surface area contributed by atoms with Gasteiger partial charge in [0.1, 0.15) is 12.4 Å². The lowest BCUT2D eigenvalue weighted by atomic mass is 9.92. The Morgan fingerprint density at radius 3 is 2.43 bits per heavy atom. The molecule has 1 aliphatic carbocycles. The average Bonchev–Trinajstić information content (AvgIpc) is 3.50. The van der Waals surface area contributed by atoms with E-state index in [4.69, 9.17) is 9.73 Å². The van der Waals surface area contributed by atoms with E-state index < -0.39 is 0 Å². The molecule has 0 unspecified atom stereocenters. The summed E-state index contributed by atoms with van der Waals surface area (Å²) in [5.74, 6) is 0.877. The van der Waals surface area contributed by atoms with Gasteiger partial charge in [0.05, 0.1) is 13.2 Å². The second kappa shape index (κ2) is 7.99. The predicted octanol–water partition coefficient (Wildman–Crippen LogP) is 4.68. The number of aliphatic hydroxyl groups is 1. The third-order valence-electron chi connectivity index (χ3n) is 5.29. The third kappa shape index (κ3) is 4.32. The molecule has 0 aromatic heterocycles. The highest BCUT2D eigenvalue weighted by atomic mass is 16.5. The molecule has 28 heavy (non-hydrogen) atoms. The van der Waals surface area contributed by atoms with Crippen molar-refractivity contribution in [3.8, 4) is 5.75 Å². The number of benzene rings is 2. The van der Waals surface area contributed by atoms with Crippen molar-refractivity contribution in [2.75, 3.05) is 13.2 Å². The van der Waals surface area contributed by atoms with Crippen LogP contribution in [0.25, 0.3) is 0 Å². The SMILES string of the molecule is CC1(C2=NC/C(=C/Cc3ccc(CO)cc3)C(COc3ccccc3)=C2)C=C1. The maximum atomic E-state index is 9.19. The summed E-state index contributed by atoms with van der Waals surface area (Å²) in [6.45, 7) is 3.49. The fourth-order valence-corrected chi connectivity index (χ4v) is 3.23. The summed E-state index contributed by atoms with van der Waals surface area (Å²) < 4.78 is 6.03. The van der Waals surface area contributed by atoms with Gasteiger partial charge in [0.25, 0.3) is 0 Å². The molecule has 1 N–H and O–H groups in total. The van der Waals surface area contributed by atoms with Crippen molar-refractivity contribution in [3.63, 3.8) is 0 Å². The van der Waals surface area contributed by atoms with Crippen molar-refractivity contribution in [3.05, 3.63) is 101 Å². The fourth-order valence-electron chi connectivity index (χ4n) is 3.23. The zero-order valence-electron chi connectivity index (χ0n) is 16.1. The number of hydrogen-bond donors (Lipinski definition) is 1. The van der Waals surface area contributed by atoms with Crippen molar-refractivity contribution in [1.29, 1.82) is 0 Å². The molecular formula is C25H25NO2. The maximum Gasteiger partial charge on any atom is 0.119 e. The number of nitrogens with zero attached hydrogens (tertiary/aromatic N) is 1. The monoisotopic (exact) mass is 371 g/mol. The summed E-state index contributed by atoms with van der Waals surface area (Å²) >= 11 is 0. The maximum absolute atomic E-state index is 9.19. The van der Waals surface area contributed by atoms with E-state index in [1.807, 2.05) is 42.5 Å². The summed E-state index contributed by atoms with van der Waals surface area (Å²) in [5.41, 5.74) is 5.70. The van der Waals surface area contributed by atoms with Crippen molar-refractivity contribution in [2.45, 2.75) is 20.0 Å². The third-order valence-corrected chi connectivity index (χ3v) is 5.29. The minimum Gasteiger partial charge on any atom is -0.489 e. The highest BCUT2D eigenvalue weighted by molar-refractivity contribution is 6.06. The van der Waals surface area contributed by atoms with Crippen LogP contribution in [0.2, 0.25) is 0 Å². The van der Waals surface area contributed by atoms with Crippen LogP contribution < -0.4 is 4.74 Å². The van der Waals surface area contributed by atoms with E-state index in [9.17, 15) is 5.11 Å². The van der Waals surface area contributed by atoms with Crippen LogP contribution in [0.15, 0.2) is 95.0 Å². The summed E-state index contributed by atoms with van der Waals surface area (Å²) in [6, 6.07) is 18.0. The molecule has 142 valence electrons. The lowest BCUT2D eigenvalue weighted by molar-refractivity contribution is 0.282. The molecule has 0 atom stereocenters. The van der Waals surface area contributed by atoms with Crippen molar-refractivity contribution < 1.29 is 9.84 Å². The molecule has 0 bridgehead atoms. The van der Waals surface area contributed by atoms with E-state index >= 15 is 0 Å². The summed E-state index contributed by atoms with van der Waals surface area (Å²) in [7, 11) is 0. The van der Waals surface area contributed by atoms with Crippen molar-refractivity contribution in [1.82, 2.24) is 0 Å². The van der Waals surface area contributed by atoms with E-state index in [1.54, 1.807) is 0 Å². The van der Waals surface area contributed by atoms with Crippen LogP contribution in [-0.4, -0.2) is 24.0 Å². The van der Waals surface area contributed by atoms with Crippen LogP contribution in [-0.2, 0) is 13.0 Å². The molecule has 0 saturated heterocycles. The van der Waals surface area contributed by atoms with E-state index in [2.05, 4.69) is 43.4 Å². The number of allylic oxidation sites excluding steroid dienone is 4. The number of dihydropyridines is 1. The van der Waals surface area contributed by atoms with E-state index in [0.717, 1.165) is 23.4 Å². The summed E-state index contributed by atoms with van der Waals surface area (Å²) in [5, 5.41) is 9.19. The Kier molecular flexibility index (Phi) is 5.27. The Balaban J connectivity index is 1.50. The van der Waals surface area contributed by atoms with Gasteiger partial charge >= 0.3 is 0 Å². The van der Waals surface area contributed by atoms with Crippen molar-refractivity contribution >= 4 is 5.71 Å². The first-order valence-electron chi connectivity index (χ1n) is 9.68. The molecule has 0 saturated carbocycles. The number of ether oxygens (including phenoxy) is 1. The Hall–Kier alpha value is -2.91. The molecule has 1 heterocycles. The lowest BCUT2D eigenvalue weighted by Gasteiger charge is -2.21. The number of aliphatic hydroxyl groups excluding tert-OH is 1. The van der Waals surface area contributed by atoms with Gasteiger partial charge < -0.3 is 9.84 Å².